The van der Waals surface area contributed by atoms with E-state index in [4.69, 9.17) is 4.74 Å². The van der Waals surface area contributed by atoms with Crippen LogP contribution in [0.4, 0.5) is 4.79 Å². The Hall–Kier alpha value is -1.81. The lowest BCUT2D eigenvalue weighted by Gasteiger charge is -2.19. The van der Waals surface area contributed by atoms with Crippen molar-refractivity contribution >= 4 is 22.0 Å². The van der Waals surface area contributed by atoms with E-state index in [1.54, 1.807) is 0 Å². The van der Waals surface area contributed by atoms with Crippen molar-refractivity contribution in [1.82, 2.24) is 5.32 Å². The minimum Gasteiger partial charge on any atom is -0.444 e. The average molecular weight is 376 g/mol. The zero-order valence-corrected chi connectivity index (χ0v) is 15.5. The van der Waals surface area contributed by atoms with Crippen LogP contribution in [0.25, 0.3) is 11.1 Å². The van der Waals surface area contributed by atoms with Crippen LogP contribution in [0.2, 0.25) is 0 Å². The molecule has 0 saturated heterocycles. The monoisotopic (exact) mass is 375 g/mol. The summed E-state index contributed by atoms with van der Waals surface area (Å²) in [5.74, 6) is 0. The van der Waals surface area contributed by atoms with Gasteiger partial charge in [0.25, 0.3) is 0 Å². The Morgan fingerprint density at radius 3 is 2.39 bits per heavy atom. The molecule has 0 fully saturated rings. The molecule has 0 aliphatic heterocycles. The summed E-state index contributed by atoms with van der Waals surface area (Å²) in [7, 11) is 0. The first kappa shape index (κ1) is 17.5. The van der Waals surface area contributed by atoms with Gasteiger partial charge in [-0.1, -0.05) is 52.3 Å². The molecule has 2 aromatic rings. The van der Waals surface area contributed by atoms with Gasteiger partial charge in [-0.15, -0.1) is 0 Å². The van der Waals surface area contributed by atoms with Crippen LogP contribution in [0.3, 0.4) is 0 Å². The van der Waals surface area contributed by atoms with E-state index in [2.05, 4.69) is 46.4 Å². The van der Waals surface area contributed by atoms with E-state index in [0.29, 0.717) is 6.54 Å². The lowest BCUT2D eigenvalue weighted by Crippen LogP contribution is -2.32. The van der Waals surface area contributed by atoms with Crippen LogP contribution in [-0.2, 0) is 11.3 Å². The number of amides is 1. The van der Waals surface area contributed by atoms with Crippen LogP contribution >= 0.6 is 15.9 Å². The lowest BCUT2D eigenvalue weighted by molar-refractivity contribution is 0.0523. The predicted octanol–water partition coefficient (Wildman–Crippen LogP) is 5.45. The van der Waals surface area contributed by atoms with Crippen molar-refractivity contribution in [2.45, 2.75) is 39.8 Å². The summed E-state index contributed by atoms with van der Waals surface area (Å²) in [5.41, 5.74) is 4.13. The number of rotatable bonds is 3. The Kier molecular flexibility index (Phi) is 5.47. The quantitative estimate of drug-likeness (QED) is 0.774. The van der Waals surface area contributed by atoms with Gasteiger partial charge in [-0.3, -0.25) is 0 Å². The van der Waals surface area contributed by atoms with Crippen LogP contribution in [-0.4, -0.2) is 11.7 Å². The SMILES string of the molecule is Cc1c(Br)cccc1-c1ccc(CNC(=O)OC(C)(C)C)cc1. The van der Waals surface area contributed by atoms with Crippen molar-refractivity contribution in [1.29, 1.82) is 0 Å². The first-order valence-electron chi connectivity index (χ1n) is 7.57. The molecule has 0 atom stereocenters. The van der Waals surface area contributed by atoms with E-state index in [1.165, 1.54) is 11.1 Å². The third-order valence-corrected chi connectivity index (χ3v) is 4.23. The number of benzene rings is 2. The molecule has 0 aliphatic carbocycles. The third kappa shape index (κ3) is 5.10. The maximum absolute atomic E-state index is 11.7. The van der Waals surface area contributed by atoms with E-state index in [0.717, 1.165) is 15.6 Å². The Labute approximate surface area is 146 Å². The molecule has 1 N–H and O–H groups in total. The highest BCUT2D eigenvalue weighted by Gasteiger charge is 2.15. The van der Waals surface area contributed by atoms with Crippen molar-refractivity contribution in [2.75, 3.05) is 0 Å². The molecule has 0 spiro atoms. The number of nitrogens with one attached hydrogen (secondary N) is 1. The van der Waals surface area contributed by atoms with Gasteiger partial charge in [0.05, 0.1) is 0 Å². The summed E-state index contributed by atoms with van der Waals surface area (Å²) in [6.45, 7) is 8.09. The molecule has 2 aromatic carbocycles. The molecular formula is C19H22BrNO2. The van der Waals surface area contributed by atoms with Crippen molar-refractivity contribution in [3.63, 3.8) is 0 Å². The van der Waals surface area contributed by atoms with Gasteiger partial charge in [0.1, 0.15) is 5.60 Å². The second kappa shape index (κ2) is 7.18. The highest BCUT2D eigenvalue weighted by molar-refractivity contribution is 9.10. The van der Waals surface area contributed by atoms with Gasteiger partial charge in [0, 0.05) is 11.0 Å². The Balaban J connectivity index is 2.03. The predicted molar refractivity (Wildman–Crippen MR) is 97.4 cm³/mol. The highest BCUT2D eigenvalue weighted by atomic mass is 79.9. The molecule has 4 heteroatoms. The smallest absolute Gasteiger partial charge is 0.407 e. The Morgan fingerprint density at radius 1 is 1.13 bits per heavy atom. The largest absolute Gasteiger partial charge is 0.444 e. The minimum absolute atomic E-state index is 0.399. The summed E-state index contributed by atoms with van der Waals surface area (Å²) < 4.78 is 6.33. The topological polar surface area (TPSA) is 38.3 Å². The van der Waals surface area contributed by atoms with Gasteiger partial charge in [0.15, 0.2) is 0 Å². The summed E-state index contributed by atoms with van der Waals surface area (Å²) in [5, 5.41) is 2.77. The van der Waals surface area contributed by atoms with Crippen molar-refractivity contribution in [2.24, 2.45) is 0 Å². The number of halogens is 1. The molecule has 0 unspecified atom stereocenters. The van der Waals surface area contributed by atoms with Crippen LogP contribution < -0.4 is 5.32 Å². The Bertz CT molecular complexity index is 688. The summed E-state index contributed by atoms with van der Waals surface area (Å²) in [4.78, 5) is 11.7. The van der Waals surface area contributed by atoms with E-state index >= 15 is 0 Å². The maximum atomic E-state index is 11.7. The van der Waals surface area contributed by atoms with E-state index in [-0.39, 0.29) is 0 Å². The van der Waals surface area contributed by atoms with E-state index in [9.17, 15) is 4.79 Å². The molecule has 0 saturated carbocycles. The first-order chi connectivity index (χ1) is 10.8. The lowest BCUT2D eigenvalue weighted by atomic mass is 9.99. The first-order valence-corrected chi connectivity index (χ1v) is 8.37. The molecule has 0 bridgehead atoms. The van der Waals surface area contributed by atoms with Gasteiger partial charge in [-0.2, -0.15) is 0 Å². The minimum atomic E-state index is -0.480. The van der Waals surface area contributed by atoms with Gasteiger partial charge >= 0.3 is 6.09 Å². The molecule has 0 heterocycles. The molecular weight excluding hydrogens is 354 g/mol. The molecule has 122 valence electrons. The number of ether oxygens (including phenoxy) is 1. The molecule has 0 radical (unpaired) electrons. The summed E-state index contributed by atoms with van der Waals surface area (Å²) in [6.07, 6.45) is -0.399. The molecule has 0 aromatic heterocycles. The fourth-order valence-electron chi connectivity index (χ4n) is 2.21. The second-order valence-electron chi connectivity index (χ2n) is 6.46. The Morgan fingerprint density at radius 2 is 1.78 bits per heavy atom. The van der Waals surface area contributed by atoms with Gasteiger partial charge in [0.2, 0.25) is 0 Å². The molecule has 0 aliphatic rings. The molecule has 2 rings (SSSR count). The maximum Gasteiger partial charge on any atom is 0.407 e. The number of alkyl carbamates (subject to hydrolysis) is 1. The highest BCUT2D eigenvalue weighted by Crippen LogP contribution is 2.28. The molecule has 3 nitrogen and oxygen atoms in total. The second-order valence-corrected chi connectivity index (χ2v) is 7.32. The fraction of sp³-hybridized carbons (Fsp3) is 0.316. The van der Waals surface area contributed by atoms with E-state index < -0.39 is 11.7 Å². The fourth-order valence-corrected chi connectivity index (χ4v) is 2.58. The van der Waals surface area contributed by atoms with Crippen LogP contribution in [0.5, 0.6) is 0 Å². The molecule has 1 amide bonds. The zero-order chi connectivity index (χ0) is 17.0. The standard InChI is InChI=1S/C19H22BrNO2/c1-13-16(6-5-7-17(13)20)15-10-8-14(9-11-15)12-21-18(22)23-19(2,3)4/h5-11H,12H2,1-4H3,(H,21,22). The number of hydrogen-bond acceptors (Lipinski definition) is 2. The zero-order valence-electron chi connectivity index (χ0n) is 13.9. The number of carbonyl (C=O) groups excluding carboxylic acids is 1. The number of carbonyl (C=O) groups is 1. The normalized spacial score (nSPS) is 11.2. The van der Waals surface area contributed by atoms with Crippen LogP contribution in [0.15, 0.2) is 46.9 Å². The van der Waals surface area contributed by atoms with Crippen molar-refractivity contribution in [3.8, 4) is 11.1 Å². The average Bonchev–Trinajstić information content (AvgIpc) is 2.47. The van der Waals surface area contributed by atoms with Crippen LogP contribution in [0.1, 0.15) is 31.9 Å². The van der Waals surface area contributed by atoms with Crippen molar-refractivity contribution in [3.05, 3.63) is 58.1 Å². The number of hydrogen-bond donors (Lipinski definition) is 1. The van der Waals surface area contributed by atoms with Gasteiger partial charge < -0.3 is 10.1 Å². The van der Waals surface area contributed by atoms with Crippen LogP contribution in [0, 0.1) is 6.92 Å². The van der Waals surface area contributed by atoms with Crippen molar-refractivity contribution < 1.29 is 9.53 Å². The summed E-state index contributed by atoms with van der Waals surface area (Å²) >= 11 is 3.56. The van der Waals surface area contributed by atoms with Gasteiger partial charge in [-0.25, -0.2) is 4.79 Å². The van der Waals surface area contributed by atoms with Gasteiger partial charge in [-0.05, 0) is 56.0 Å². The third-order valence-electron chi connectivity index (χ3n) is 3.37. The molecule has 23 heavy (non-hydrogen) atoms. The summed E-state index contributed by atoms with van der Waals surface area (Å²) in [6, 6.07) is 14.4. The van der Waals surface area contributed by atoms with E-state index in [1.807, 2.05) is 45.0 Å².